The summed E-state index contributed by atoms with van der Waals surface area (Å²) in [7, 11) is 13.6. The van der Waals surface area contributed by atoms with Crippen molar-refractivity contribution >= 4 is 71.9 Å². The van der Waals surface area contributed by atoms with Crippen LogP contribution >= 0.6 is 28.7 Å². The van der Waals surface area contributed by atoms with Crippen LogP contribution in [0.5, 0.6) is 23.0 Å². The normalized spacial score (nSPS) is 10.1. The van der Waals surface area contributed by atoms with Gasteiger partial charge in [-0.25, -0.2) is 19.6 Å². The zero-order chi connectivity index (χ0) is 60.6. The van der Waals surface area contributed by atoms with Gasteiger partial charge in [0.05, 0.1) is 60.4 Å². The molecule has 4 aromatic carbocycles. The van der Waals surface area contributed by atoms with E-state index in [-0.39, 0.29) is 30.4 Å². The molecule has 22 nitrogen and oxygen atoms in total. The van der Waals surface area contributed by atoms with E-state index in [0.29, 0.717) is 41.5 Å². The Morgan fingerprint density at radius 2 is 1.09 bits per heavy atom. The molecule has 3 heterocycles. The fraction of sp³-hybridized carbons (Fsp3) is 0.386. The van der Waals surface area contributed by atoms with E-state index in [4.69, 9.17) is 30.4 Å². The summed E-state index contributed by atoms with van der Waals surface area (Å²) in [6.07, 6.45) is 6.16. The SMILES string of the molecule is CCCCNc1nc(N)nc(C)c1Cc1cc(CO)ccc1OC.CCCCNc1nc(N)nc(C)c1Cc1cc(Cc2nn[nH]n2)ccc1OC.COC(=O)c1ccc(OC)c(C)c1.COC(=O)c1ccc(OC)c(CBr)c1.[B]=NS. The van der Waals surface area contributed by atoms with Crippen LogP contribution in [0.4, 0.5) is 23.5 Å². The van der Waals surface area contributed by atoms with E-state index in [1.807, 2.05) is 51.1 Å². The third-order valence-electron chi connectivity index (χ3n) is 12.1. The number of hydrogen-bond acceptors (Lipinski definition) is 22. The number of rotatable bonds is 22. The van der Waals surface area contributed by atoms with Crippen molar-refractivity contribution in [1.82, 2.24) is 40.6 Å². The molecule has 0 bridgehead atoms. The number of carbonyl (C=O) groups is 2. The molecule has 0 saturated carbocycles. The van der Waals surface area contributed by atoms with Crippen LogP contribution in [0.15, 0.2) is 77.1 Å². The Kier molecular flexibility index (Phi) is 31.0. The number of H-pyrrole nitrogens is 1. The summed E-state index contributed by atoms with van der Waals surface area (Å²) >= 11 is 6.51. The van der Waals surface area contributed by atoms with Crippen molar-refractivity contribution in [3.05, 3.63) is 146 Å². The molecule has 7 aromatic rings. The van der Waals surface area contributed by atoms with Crippen LogP contribution < -0.4 is 41.0 Å². The van der Waals surface area contributed by atoms with E-state index in [2.05, 4.69) is 121 Å². The van der Waals surface area contributed by atoms with Gasteiger partial charge in [0.25, 0.3) is 0 Å². The molecule has 0 spiro atoms. The second kappa shape index (κ2) is 37.2. The Hall–Kier alpha value is -7.90. The molecule has 0 fully saturated rings. The van der Waals surface area contributed by atoms with Crippen molar-refractivity contribution in [3.63, 3.8) is 0 Å². The van der Waals surface area contributed by atoms with Crippen LogP contribution in [-0.2, 0) is 40.7 Å². The summed E-state index contributed by atoms with van der Waals surface area (Å²) in [5.74, 6) is 5.20. The zero-order valence-electron chi connectivity index (χ0n) is 48.6. The van der Waals surface area contributed by atoms with Crippen LogP contribution in [-0.4, -0.2) is 121 Å². The number of benzene rings is 4. The molecule has 1 radical (unpaired) electrons. The van der Waals surface area contributed by atoms with E-state index in [9.17, 15) is 14.7 Å². The first kappa shape index (κ1) is 68.4. The number of nitrogens with two attached hydrogens (primary N) is 2. The quantitative estimate of drug-likeness (QED) is 0.0109. The molecule has 82 heavy (non-hydrogen) atoms. The van der Waals surface area contributed by atoms with Crippen molar-refractivity contribution in [1.29, 1.82) is 0 Å². The molecule has 0 aliphatic heterocycles. The number of methoxy groups -OCH3 is 6. The molecule has 0 aliphatic carbocycles. The third kappa shape index (κ3) is 21.9. The van der Waals surface area contributed by atoms with Gasteiger partial charge in [-0.2, -0.15) is 15.2 Å². The number of nitrogens with one attached hydrogen (secondary N) is 3. The van der Waals surface area contributed by atoms with Crippen molar-refractivity contribution in [2.75, 3.05) is 77.8 Å². The first-order chi connectivity index (χ1) is 39.5. The molecule has 0 atom stereocenters. The number of aromatic nitrogens is 8. The molecule has 0 aliphatic rings. The van der Waals surface area contributed by atoms with Gasteiger partial charge in [-0.3, -0.25) is 0 Å². The molecular weight excluding hydrogens is 1130 g/mol. The molecular formula is C57H76BBrN13O9S. The second-order valence-electron chi connectivity index (χ2n) is 17.8. The number of hydrogen-bond donors (Lipinski definition) is 7. The first-order valence-electron chi connectivity index (χ1n) is 26.0. The minimum atomic E-state index is -0.338. The number of ether oxygens (including phenoxy) is 6. The standard InChI is InChI=1S/C19H26N8O.C18H26N4O2.C10H11BrO3.C10H12O3.BHNS/c1-4-5-8-21-18-15(12(2)22-19(20)23-18)11-14-9-13(6-7-16(14)28-3)10-17-24-26-27-25-17;1-4-5-8-20-17-15(12(2)21-18(19)22-17)10-14-9-13(11-23)6-7-16(14)24-3;1-13-9-4-3-7(10(12)14-2)5-8(9)6-11;1-7-6-8(10(11)13-3)4-5-9(7)12-2;1-2-3/h6-7,9H,4-5,8,10-11H2,1-3H3,(H3,20,21,22,23)(H,24,25,26,27);6-7,9,23H,4-5,8,10-11H2,1-3H3,(H3,19,20,21,22);3-5H,6H2,1-2H3;4-6H,1-3H3;3H. The van der Waals surface area contributed by atoms with Gasteiger partial charge in [-0.05, 0) is 116 Å². The van der Waals surface area contributed by atoms with E-state index in [1.54, 1.807) is 64.8 Å². The Morgan fingerprint density at radius 1 is 0.646 bits per heavy atom. The van der Waals surface area contributed by atoms with Crippen molar-refractivity contribution in [2.24, 2.45) is 4.30 Å². The second-order valence-corrected chi connectivity index (χ2v) is 18.6. The minimum absolute atomic E-state index is 0.00415. The van der Waals surface area contributed by atoms with E-state index >= 15 is 0 Å². The van der Waals surface area contributed by atoms with Crippen molar-refractivity contribution < 1.29 is 43.1 Å². The first-order valence-corrected chi connectivity index (χ1v) is 27.5. The summed E-state index contributed by atoms with van der Waals surface area (Å²) in [5, 5.41) is 30.9. The fourth-order valence-electron chi connectivity index (χ4n) is 7.94. The molecule has 0 saturated heterocycles. The van der Waals surface area contributed by atoms with E-state index < -0.39 is 0 Å². The van der Waals surface area contributed by atoms with Gasteiger partial charge in [0.15, 0.2) is 5.82 Å². The molecule has 25 heteroatoms. The van der Waals surface area contributed by atoms with E-state index in [0.717, 1.165) is 129 Å². The predicted octanol–water partition coefficient (Wildman–Crippen LogP) is 9.30. The summed E-state index contributed by atoms with van der Waals surface area (Å²) in [6, 6.07) is 22.1. The fourth-order valence-corrected chi connectivity index (χ4v) is 8.38. The number of thiol groups is 1. The predicted molar refractivity (Wildman–Crippen MR) is 327 cm³/mol. The molecule has 0 unspecified atom stereocenters. The van der Waals surface area contributed by atoms with Gasteiger partial charge < -0.3 is 55.6 Å². The van der Waals surface area contributed by atoms with Gasteiger partial charge in [0.2, 0.25) is 11.9 Å². The molecule has 0 amide bonds. The molecule has 8 N–H and O–H groups in total. The van der Waals surface area contributed by atoms with Crippen molar-refractivity contribution in [2.45, 2.75) is 91.5 Å². The Balaban J connectivity index is 0.000000295. The van der Waals surface area contributed by atoms with Gasteiger partial charge in [0.1, 0.15) is 34.6 Å². The monoisotopic (exact) mass is 1210 g/mol. The molecule has 7 rings (SSSR count). The number of anilines is 4. The van der Waals surface area contributed by atoms with Crippen LogP contribution in [0.2, 0.25) is 0 Å². The maximum absolute atomic E-state index is 11.2. The number of unbranched alkanes of at least 4 members (excludes halogenated alkanes) is 2. The number of tetrazole rings is 1. The summed E-state index contributed by atoms with van der Waals surface area (Å²) in [6.45, 7) is 11.7. The zero-order valence-corrected chi connectivity index (χ0v) is 51.0. The summed E-state index contributed by atoms with van der Waals surface area (Å²) in [4.78, 5) is 39.7. The number of alkyl halides is 1. The number of nitrogens with zero attached hydrogens (tertiary/aromatic N) is 8. The third-order valence-corrected chi connectivity index (χ3v) is 12.7. The van der Waals surface area contributed by atoms with E-state index in [1.165, 1.54) is 14.2 Å². The maximum atomic E-state index is 11.2. The Bertz CT molecular complexity index is 3110. The van der Waals surface area contributed by atoms with Gasteiger partial charge in [0, 0.05) is 65.8 Å². The number of nitrogen functional groups attached to an aromatic ring is 2. The van der Waals surface area contributed by atoms with Crippen molar-refractivity contribution in [3.8, 4) is 23.0 Å². The number of aryl methyl sites for hydroxylation is 3. The number of aromatic amines is 1. The van der Waals surface area contributed by atoms with Crippen LogP contribution in [0.25, 0.3) is 0 Å². The average Bonchev–Trinajstić information content (AvgIpc) is 4.08. The number of aliphatic hydroxyl groups is 1. The number of esters is 2. The summed E-state index contributed by atoms with van der Waals surface area (Å²) < 4.78 is 33.1. The van der Waals surface area contributed by atoms with Gasteiger partial charge in [-0.1, -0.05) is 66.0 Å². The molecule has 439 valence electrons. The van der Waals surface area contributed by atoms with Gasteiger partial charge in [-0.15, -0.1) is 10.2 Å². The Morgan fingerprint density at radius 3 is 1.50 bits per heavy atom. The van der Waals surface area contributed by atoms with Crippen LogP contribution in [0.3, 0.4) is 0 Å². The Labute approximate surface area is 495 Å². The van der Waals surface area contributed by atoms with Gasteiger partial charge >= 0.3 is 36.7 Å². The number of carbonyl (C=O) groups excluding carboxylic acids is 2. The number of halogens is 1. The molecule has 3 aromatic heterocycles. The average molecular weight is 1210 g/mol. The van der Waals surface area contributed by atoms with Crippen LogP contribution in [0, 0.1) is 20.8 Å². The number of aliphatic hydroxyl groups excluding tert-OH is 1. The topological polar surface area (TPSA) is 304 Å². The van der Waals surface area contributed by atoms with Crippen LogP contribution in [0.1, 0.15) is 122 Å². The summed E-state index contributed by atoms with van der Waals surface area (Å²) in [5.41, 5.74) is 22.3.